The summed E-state index contributed by atoms with van der Waals surface area (Å²) in [5.41, 5.74) is -1.16. The fraction of sp³-hybridized carbons (Fsp3) is 0.500. The number of alkyl halides is 3. The molecule has 1 unspecified atom stereocenters. The van der Waals surface area contributed by atoms with Gasteiger partial charge in [0.15, 0.2) is 0 Å². The minimum Gasteiger partial charge on any atom is -0.422 e. The Labute approximate surface area is 147 Å². The maximum Gasteiger partial charge on any atom is 0.433 e. The van der Waals surface area contributed by atoms with Gasteiger partial charge in [-0.3, -0.25) is 4.98 Å². The van der Waals surface area contributed by atoms with Crippen molar-refractivity contribution in [3.05, 3.63) is 35.8 Å². The number of halogens is 3. The third-order valence-electron chi connectivity index (χ3n) is 3.75. The molecule has 0 N–H and O–H groups in total. The third kappa shape index (κ3) is 3.71. The first kappa shape index (κ1) is 18.7. The number of sulfonamides is 1. The summed E-state index contributed by atoms with van der Waals surface area (Å²) in [4.78, 5) is 2.87. The van der Waals surface area contributed by atoms with Gasteiger partial charge in [-0.15, -0.1) is 10.2 Å². The van der Waals surface area contributed by atoms with Crippen LogP contribution in [0.4, 0.5) is 13.2 Å². The Morgan fingerprint density at radius 1 is 1.31 bits per heavy atom. The highest BCUT2D eigenvalue weighted by Gasteiger charge is 2.36. The smallest absolute Gasteiger partial charge is 0.422 e. The van der Waals surface area contributed by atoms with Crippen molar-refractivity contribution in [2.24, 2.45) is 0 Å². The largest absolute Gasteiger partial charge is 0.433 e. The van der Waals surface area contributed by atoms with Crippen LogP contribution in [0, 0.1) is 0 Å². The monoisotopic (exact) mass is 392 g/mol. The summed E-state index contributed by atoms with van der Waals surface area (Å²) in [6, 6.07) is 1.52. The molecule has 1 aliphatic heterocycles. The molecule has 0 spiro atoms. The number of aromatic nitrogens is 3. The molecule has 0 aromatic carbocycles. The van der Waals surface area contributed by atoms with Gasteiger partial charge in [-0.25, -0.2) is 8.42 Å². The topological polar surface area (TPSA) is 98.4 Å². The molecule has 1 atom stereocenters. The molecule has 8 nitrogen and oxygen atoms in total. The second-order valence-corrected chi connectivity index (χ2v) is 7.42. The highest BCUT2D eigenvalue weighted by atomic mass is 32.2. The van der Waals surface area contributed by atoms with Crippen LogP contribution in [-0.2, 0) is 27.4 Å². The average molecular weight is 392 g/mol. The molecule has 142 valence electrons. The number of rotatable bonds is 4. The summed E-state index contributed by atoms with van der Waals surface area (Å²) < 4.78 is 75.0. The van der Waals surface area contributed by atoms with Gasteiger partial charge >= 0.3 is 6.18 Å². The van der Waals surface area contributed by atoms with Crippen LogP contribution in [-0.4, -0.2) is 47.6 Å². The van der Waals surface area contributed by atoms with E-state index in [0.717, 1.165) is 10.4 Å². The lowest BCUT2D eigenvalue weighted by atomic mass is 10.3. The molecule has 12 heteroatoms. The van der Waals surface area contributed by atoms with Crippen molar-refractivity contribution >= 4 is 10.0 Å². The van der Waals surface area contributed by atoms with Crippen LogP contribution in [0.25, 0.3) is 0 Å². The number of hydrogen-bond donors (Lipinski definition) is 0. The number of pyridine rings is 1. The molecule has 0 aliphatic carbocycles. The van der Waals surface area contributed by atoms with Gasteiger partial charge in [0.25, 0.3) is 0 Å². The highest BCUT2D eigenvalue weighted by Crippen LogP contribution is 2.29. The first-order chi connectivity index (χ1) is 12.2. The van der Waals surface area contributed by atoms with E-state index in [4.69, 9.17) is 9.15 Å². The predicted octanol–water partition coefficient (Wildman–Crippen LogP) is 1.81. The van der Waals surface area contributed by atoms with Gasteiger partial charge in [-0.1, -0.05) is 6.92 Å². The second kappa shape index (κ2) is 6.93. The van der Waals surface area contributed by atoms with Gasteiger partial charge in [0.2, 0.25) is 21.8 Å². The van der Waals surface area contributed by atoms with Crippen LogP contribution in [0.5, 0.6) is 0 Å². The number of morpholine rings is 1. The van der Waals surface area contributed by atoms with E-state index in [0.29, 0.717) is 24.6 Å². The zero-order valence-electron chi connectivity index (χ0n) is 13.6. The molecule has 1 fully saturated rings. The van der Waals surface area contributed by atoms with Gasteiger partial charge in [0.05, 0.1) is 6.61 Å². The number of hydrogen-bond acceptors (Lipinski definition) is 7. The maximum atomic E-state index is 12.7. The SMILES string of the molecule is CCc1nnc(C2CN(S(=O)(=O)c3ccc(C(F)(F)F)nc3)CCO2)o1. The van der Waals surface area contributed by atoms with E-state index >= 15 is 0 Å². The number of nitrogens with zero attached hydrogens (tertiary/aromatic N) is 4. The van der Waals surface area contributed by atoms with Crippen molar-refractivity contribution in [3.63, 3.8) is 0 Å². The van der Waals surface area contributed by atoms with Crippen molar-refractivity contribution in [1.29, 1.82) is 0 Å². The van der Waals surface area contributed by atoms with E-state index in [-0.39, 0.29) is 30.5 Å². The summed E-state index contributed by atoms with van der Waals surface area (Å²) in [5, 5.41) is 7.64. The Balaban J connectivity index is 1.80. The normalized spacial score (nSPS) is 19.6. The van der Waals surface area contributed by atoms with E-state index in [1.807, 2.05) is 6.92 Å². The zero-order valence-corrected chi connectivity index (χ0v) is 14.4. The summed E-state index contributed by atoms with van der Waals surface area (Å²) in [5.74, 6) is 0.558. The van der Waals surface area contributed by atoms with Crippen LogP contribution in [0.2, 0.25) is 0 Å². The van der Waals surface area contributed by atoms with Gasteiger partial charge < -0.3 is 9.15 Å². The first-order valence-electron chi connectivity index (χ1n) is 7.69. The quantitative estimate of drug-likeness (QED) is 0.782. The average Bonchev–Trinajstić information content (AvgIpc) is 3.10. The fourth-order valence-electron chi connectivity index (χ4n) is 2.38. The Hall–Kier alpha value is -2.05. The molecule has 0 saturated carbocycles. The van der Waals surface area contributed by atoms with Gasteiger partial charge in [-0.2, -0.15) is 17.5 Å². The highest BCUT2D eigenvalue weighted by molar-refractivity contribution is 7.89. The van der Waals surface area contributed by atoms with Crippen molar-refractivity contribution < 1.29 is 30.7 Å². The van der Waals surface area contributed by atoms with E-state index in [9.17, 15) is 21.6 Å². The molecule has 2 aromatic rings. The fourth-order valence-corrected chi connectivity index (χ4v) is 3.75. The first-order valence-corrected chi connectivity index (χ1v) is 9.13. The molecule has 0 radical (unpaired) electrons. The lowest BCUT2D eigenvalue weighted by Gasteiger charge is -2.30. The molecule has 1 saturated heterocycles. The molecule has 26 heavy (non-hydrogen) atoms. The molecule has 0 amide bonds. The maximum absolute atomic E-state index is 12.7. The van der Waals surface area contributed by atoms with Crippen molar-refractivity contribution in [2.45, 2.75) is 30.5 Å². The molecule has 3 rings (SSSR count). The summed E-state index contributed by atoms with van der Waals surface area (Å²) >= 11 is 0. The Kier molecular flexibility index (Phi) is 4.99. The lowest BCUT2D eigenvalue weighted by Crippen LogP contribution is -2.42. The summed E-state index contributed by atoms with van der Waals surface area (Å²) in [6.45, 7) is 1.87. The van der Waals surface area contributed by atoms with Crippen LogP contribution in [0.15, 0.2) is 27.6 Å². The van der Waals surface area contributed by atoms with Gasteiger partial charge in [-0.05, 0) is 12.1 Å². The Morgan fingerprint density at radius 2 is 2.08 bits per heavy atom. The van der Waals surface area contributed by atoms with Gasteiger partial charge in [0.1, 0.15) is 16.7 Å². The van der Waals surface area contributed by atoms with Crippen LogP contribution >= 0.6 is 0 Å². The third-order valence-corrected chi connectivity index (χ3v) is 5.60. The minimum absolute atomic E-state index is 0.0502. The second-order valence-electron chi connectivity index (χ2n) is 5.49. The standard InChI is InChI=1S/C14H15F3N4O4S/c1-2-12-19-20-13(25-12)10-8-21(5-6-24-10)26(22,23)9-3-4-11(18-7-9)14(15,16)17/h3-4,7,10H,2,5-6,8H2,1H3. The Bertz CT molecular complexity index is 867. The molecule has 1 aliphatic rings. The van der Waals surface area contributed by atoms with Crippen molar-refractivity contribution in [1.82, 2.24) is 19.5 Å². The molecule has 3 heterocycles. The summed E-state index contributed by atoms with van der Waals surface area (Å²) in [6.07, 6.45) is -4.15. The van der Waals surface area contributed by atoms with Gasteiger partial charge in [0, 0.05) is 25.7 Å². The molecular formula is C14H15F3N4O4S. The summed E-state index contributed by atoms with van der Waals surface area (Å²) in [7, 11) is -4.03. The number of ether oxygens (including phenoxy) is 1. The van der Waals surface area contributed by atoms with E-state index in [2.05, 4.69) is 15.2 Å². The Morgan fingerprint density at radius 3 is 2.65 bits per heavy atom. The number of aryl methyl sites for hydroxylation is 1. The van der Waals surface area contributed by atoms with Crippen LogP contribution < -0.4 is 0 Å². The predicted molar refractivity (Wildman–Crippen MR) is 80.4 cm³/mol. The minimum atomic E-state index is -4.64. The molecule has 2 aromatic heterocycles. The van der Waals surface area contributed by atoms with E-state index in [1.54, 1.807) is 0 Å². The van der Waals surface area contributed by atoms with E-state index < -0.39 is 28.0 Å². The van der Waals surface area contributed by atoms with Crippen LogP contribution in [0.3, 0.4) is 0 Å². The van der Waals surface area contributed by atoms with Crippen molar-refractivity contribution in [3.8, 4) is 0 Å². The van der Waals surface area contributed by atoms with Crippen LogP contribution in [0.1, 0.15) is 30.5 Å². The lowest BCUT2D eigenvalue weighted by molar-refractivity contribution is -0.141. The van der Waals surface area contributed by atoms with E-state index in [1.165, 1.54) is 0 Å². The molecule has 0 bridgehead atoms. The zero-order chi connectivity index (χ0) is 18.9. The molecular weight excluding hydrogens is 377 g/mol. The van der Waals surface area contributed by atoms with Crippen molar-refractivity contribution in [2.75, 3.05) is 19.7 Å².